The second-order valence-corrected chi connectivity index (χ2v) is 19.6. The molecule has 0 N–H and O–H groups in total. The first-order valence-electron chi connectivity index (χ1n) is 28.9. The summed E-state index contributed by atoms with van der Waals surface area (Å²) in [6, 6.07) is 0. The molecule has 0 bridgehead atoms. The molecule has 386 valence electrons. The number of carbonyl (C=O) groups excluding carboxylic acids is 3. The Morgan fingerprint density at radius 3 is 0.803 bits per heavy atom. The van der Waals surface area contributed by atoms with Crippen molar-refractivity contribution >= 4 is 17.9 Å². The van der Waals surface area contributed by atoms with E-state index in [2.05, 4.69) is 57.2 Å². The average Bonchev–Trinajstić information content (AvgIpc) is 3.31. The van der Waals surface area contributed by atoms with Gasteiger partial charge in [0.15, 0.2) is 0 Å². The quantitative estimate of drug-likeness (QED) is 0.0262. The summed E-state index contributed by atoms with van der Waals surface area (Å²) in [6.07, 6.45) is 64.5. The Balaban J connectivity index is 4.36. The van der Waals surface area contributed by atoms with E-state index < -0.39 is 0 Å². The van der Waals surface area contributed by atoms with Gasteiger partial charge in [-0.2, -0.15) is 0 Å². The minimum atomic E-state index is -0.167. The van der Waals surface area contributed by atoms with Crippen molar-refractivity contribution in [3.05, 3.63) is 36.5 Å². The lowest BCUT2D eigenvalue weighted by Crippen LogP contribution is -2.19. The fourth-order valence-corrected chi connectivity index (χ4v) is 8.44. The molecule has 0 amide bonds. The molecule has 0 aliphatic carbocycles. The first-order valence-corrected chi connectivity index (χ1v) is 28.9. The molecule has 0 radical (unpaired) electrons. The van der Waals surface area contributed by atoms with E-state index in [9.17, 15) is 14.4 Å². The highest BCUT2D eigenvalue weighted by molar-refractivity contribution is 5.70. The molecule has 0 aliphatic rings. The molecule has 0 heterocycles. The summed E-state index contributed by atoms with van der Waals surface area (Å²) in [5.41, 5.74) is 0. The van der Waals surface area contributed by atoms with Gasteiger partial charge in [-0.1, -0.05) is 211 Å². The smallest absolute Gasteiger partial charge is 0.305 e. The topological polar surface area (TPSA) is 78.9 Å². The fraction of sp³-hybridized carbons (Fsp3) is 0.850. The van der Waals surface area contributed by atoms with Crippen LogP contribution >= 0.6 is 0 Å². The van der Waals surface area contributed by atoms with Crippen molar-refractivity contribution in [2.45, 2.75) is 303 Å². The fourth-order valence-electron chi connectivity index (χ4n) is 8.44. The number of esters is 3. The second-order valence-electron chi connectivity index (χ2n) is 19.6. The van der Waals surface area contributed by atoms with E-state index in [1.54, 1.807) is 0 Å². The standard InChI is InChI=1S/C60H110O6/c1-4-7-10-13-16-19-22-25-28-31-34-37-40-43-46-49-58(61)64-54-52-57(56-66-60(63)51-48-45-42-39-36-33-30-27-24-21-18-15-12-9-6-3)53-55-65-59(62)50-47-44-41-38-35-32-29-26-23-20-17-14-11-8-5-2/h25-30,57H,4-24,31-56H2,1-3H3. The number of hydrogen-bond donors (Lipinski definition) is 0. The van der Waals surface area contributed by atoms with E-state index in [4.69, 9.17) is 14.2 Å². The molecule has 0 rings (SSSR count). The average molecular weight is 928 g/mol. The SMILES string of the molecule is CCCCCCCCC=CCCCCCCCC(=O)OCCC(CCOC(=O)CCCCCCCC=CCCCCCCCC)COC(=O)CCCCCCCC=CCCCCCCCC. The first-order chi connectivity index (χ1) is 32.5. The van der Waals surface area contributed by atoms with Gasteiger partial charge in [0, 0.05) is 19.3 Å². The van der Waals surface area contributed by atoms with Crippen LogP contribution in [0.2, 0.25) is 0 Å². The molecular formula is C60H110O6. The Hall–Kier alpha value is -2.37. The summed E-state index contributed by atoms with van der Waals surface area (Å²) < 4.78 is 17.0. The number of carbonyl (C=O) groups is 3. The Bertz CT molecular complexity index is 1050. The van der Waals surface area contributed by atoms with Crippen LogP contribution < -0.4 is 0 Å². The van der Waals surface area contributed by atoms with Gasteiger partial charge in [0.25, 0.3) is 0 Å². The van der Waals surface area contributed by atoms with Crippen LogP contribution in [0.3, 0.4) is 0 Å². The summed E-state index contributed by atoms with van der Waals surface area (Å²) in [6.45, 7) is 7.66. The van der Waals surface area contributed by atoms with Gasteiger partial charge >= 0.3 is 17.9 Å². The maximum absolute atomic E-state index is 12.7. The van der Waals surface area contributed by atoms with Crippen molar-refractivity contribution in [3.8, 4) is 0 Å². The molecule has 0 aromatic carbocycles. The van der Waals surface area contributed by atoms with E-state index in [0.717, 1.165) is 77.0 Å². The summed E-state index contributed by atoms with van der Waals surface area (Å²) in [5.74, 6) is -0.499. The van der Waals surface area contributed by atoms with Crippen LogP contribution in [0.15, 0.2) is 36.5 Å². The maximum atomic E-state index is 12.7. The predicted octanol–water partition coefficient (Wildman–Crippen LogP) is 19.1. The van der Waals surface area contributed by atoms with Gasteiger partial charge in [0.1, 0.15) is 0 Å². The predicted molar refractivity (Wildman–Crippen MR) is 284 cm³/mol. The molecule has 0 saturated heterocycles. The zero-order chi connectivity index (χ0) is 47.9. The maximum Gasteiger partial charge on any atom is 0.305 e. The Morgan fingerprint density at radius 1 is 0.303 bits per heavy atom. The molecule has 0 aromatic rings. The molecule has 0 spiro atoms. The van der Waals surface area contributed by atoms with Crippen molar-refractivity contribution in [2.75, 3.05) is 19.8 Å². The number of rotatable bonds is 53. The van der Waals surface area contributed by atoms with E-state index in [1.807, 2.05) is 0 Å². The largest absolute Gasteiger partial charge is 0.466 e. The molecule has 0 fully saturated rings. The van der Waals surface area contributed by atoms with Crippen LogP contribution in [0.1, 0.15) is 303 Å². The van der Waals surface area contributed by atoms with Gasteiger partial charge in [-0.3, -0.25) is 14.4 Å². The molecule has 0 unspecified atom stereocenters. The highest BCUT2D eigenvalue weighted by Gasteiger charge is 2.15. The van der Waals surface area contributed by atoms with Crippen LogP contribution in [0.25, 0.3) is 0 Å². The molecule has 0 aromatic heterocycles. The Morgan fingerprint density at radius 2 is 0.530 bits per heavy atom. The van der Waals surface area contributed by atoms with Crippen LogP contribution in [0.4, 0.5) is 0 Å². The van der Waals surface area contributed by atoms with Crippen LogP contribution in [-0.4, -0.2) is 37.7 Å². The van der Waals surface area contributed by atoms with Gasteiger partial charge in [0.2, 0.25) is 0 Å². The summed E-state index contributed by atoms with van der Waals surface area (Å²) in [4.78, 5) is 37.8. The first kappa shape index (κ1) is 63.6. The third-order valence-electron chi connectivity index (χ3n) is 13.0. The third kappa shape index (κ3) is 52.6. The minimum absolute atomic E-state index is 0.0247. The van der Waals surface area contributed by atoms with Gasteiger partial charge in [-0.15, -0.1) is 0 Å². The summed E-state index contributed by atoms with van der Waals surface area (Å²) in [7, 11) is 0. The van der Waals surface area contributed by atoms with Crippen molar-refractivity contribution in [1.29, 1.82) is 0 Å². The van der Waals surface area contributed by atoms with Crippen molar-refractivity contribution in [1.82, 2.24) is 0 Å². The van der Waals surface area contributed by atoms with Gasteiger partial charge < -0.3 is 14.2 Å². The summed E-state index contributed by atoms with van der Waals surface area (Å²) in [5, 5.41) is 0. The molecule has 6 heteroatoms. The zero-order valence-electron chi connectivity index (χ0n) is 44.2. The van der Waals surface area contributed by atoms with Crippen molar-refractivity contribution in [3.63, 3.8) is 0 Å². The molecule has 0 aliphatic heterocycles. The number of hydrogen-bond acceptors (Lipinski definition) is 6. The molecule has 0 atom stereocenters. The third-order valence-corrected chi connectivity index (χ3v) is 13.0. The number of ether oxygens (including phenoxy) is 3. The highest BCUT2D eigenvalue weighted by atomic mass is 16.5. The van der Waals surface area contributed by atoms with Crippen molar-refractivity contribution < 1.29 is 28.6 Å². The van der Waals surface area contributed by atoms with Crippen LogP contribution in [-0.2, 0) is 28.6 Å². The van der Waals surface area contributed by atoms with Gasteiger partial charge in [0.05, 0.1) is 19.8 Å². The molecule has 66 heavy (non-hydrogen) atoms. The van der Waals surface area contributed by atoms with E-state index in [0.29, 0.717) is 45.3 Å². The number of unbranched alkanes of at least 4 members (excludes halogenated alkanes) is 33. The molecule has 6 nitrogen and oxygen atoms in total. The van der Waals surface area contributed by atoms with E-state index in [-0.39, 0.29) is 30.4 Å². The highest BCUT2D eigenvalue weighted by Crippen LogP contribution is 2.16. The summed E-state index contributed by atoms with van der Waals surface area (Å²) >= 11 is 0. The lowest BCUT2D eigenvalue weighted by Gasteiger charge is -2.17. The zero-order valence-corrected chi connectivity index (χ0v) is 44.2. The van der Waals surface area contributed by atoms with Gasteiger partial charge in [-0.05, 0) is 115 Å². The van der Waals surface area contributed by atoms with E-state index in [1.165, 1.54) is 173 Å². The van der Waals surface area contributed by atoms with Crippen LogP contribution in [0, 0.1) is 5.92 Å². The molecule has 0 saturated carbocycles. The monoisotopic (exact) mass is 927 g/mol. The lowest BCUT2D eigenvalue weighted by atomic mass is 10.0. The minimum Gasteiger partial charge on any atom is -0.466 e. The second kappa shape index (κ2) is 55.2. The lowest BCUT2D eigenvalue weighted by molar-refractivity contribution is -0.149. The van der Waals surface area contributed by atoms with E-state index >= 15 is 0 Å². The van der Waals surface area contributed by atoms with Gasteiger partial charge in [-0.25, -0.2) is 0 Å². The Kier molecular flexibility index (Phi) is 53.2. The Labute approximate surface area is 410 Å². The van der Waals surface area contributed by atoms with Crippen molar-refractivity contribution in [2.24, 2.45) is 5.92 Å². The normalized spacial score (nSPS) is 12.2. The number of allylic oxidation sites excluding steroid dienone is 6. The molecular weight excluding hydrogens is 817 g/mol. The van der Waals surface area contributed by atoms with Crippen LogP contribution in [0.5, 0.6) is 0 Å².